The molecule has 3 unspecified atom stereocenters. The van der Waals surface area contributed by atoms with Crippen molar-refractivity contribution in [1.82, 2.24) is 10.2 Å². The topological polar surface area (TPSA) is 15.3 Å². The van der Waals surface area contributed by atoms with Gasteiger partial charge < -0.3 is 5.32 Å². The van der Waals surface area contributed by atoms with Crippen molar-refractivity contribution >= 4 is 11.3 Å². The molecule has 0 radical (unpaired) electrons. The maximum Gasteiger partial charge on any atom is 0.0467 e. The molecule has 2 saturated heterocycles. The largest absolute Gasteiger partial charge is 0.311 e. The summed E-state index contributed by atoms with van der Waals surface area (Å²) in [6.45, 7) is 8.35. The van der Waals surface area contributed by atoms with Gasteiger partial charge in [-0.05, 0) is 56.0 Å². The van der Waals surface area contributed by atoms with Crippen molar-refractivity contribution in [2.24, 2.45) is 5.92 Å². The zero-order chi connectivity index (χ0) is 14.8. The van der Waals surface area contributed by atoms with Crippen LogP contribution in [0.1, 0.15) is 63.8 Å². The number of nitrogens with zero attached hydrogens (tertiary/aromatic N) is 1. The van der Waals surface area contributed by atoms with E-state index in [1.807, 2.05) is 11.3 Å². The molecule has 2 aliphatic heterocycles. The minimum atomic E-state index is 0.604. The molecule has 3 atom stereocenters. The average Bonchev–Trinajstić information content (AvgIpc) is 3.08. The molecule has 0 amide bonds. The molecule has 2 bridgehead atoms. The van der Waals surface area contributed by atoms with Crippen LogP contribution in [0.4, 0.5) is 0 Å². The lowest BCUT2D eigenvalue weighted by Crippen LogP contribution is -2.50. The first-order valence-corrected chi connectivity index (χ1v) is 9.62. The summed E-state index contributed by atoms with van der Waals surface area (Å²) in [5.41, 5.74) is 0. The van der Waals surface area contributed by atoms with Gasteiger partial charge in [-0.2, -0.15) is 0 Å². The smallest absolute Gasteiger partial charge is 0.0467 e. The van der Waals surface area contributed by atoms with Crippen LogP contribution in [-0.4, -0.2) is 29.6 Å². The minimum absolute atomic E-state index is 0.604. The van der Waals surface area contributed by atoms with Gasteiger partial charge in [0.1, 0.15) is 0 Å². The first-order chi connectivity index (χ1) is 10.2. The van der Waals surface area contributed by atoms with Gasteiger partial charge in [0.05, 0.1) is 0 Å². The minimum Gasteiger partial charge on any atom is -0.311 e. The van der Waals surface area contributed by atoms with Crippen LogP contribution in [0.2, 0.25) is 0 Å². The van der Waals surface area contributed by atoms with E-state index in [4.69, 9.17) is 0 Å². The Bertz CT molecular complexity index is 416. The lowest BCUT2D eigenvalue weighted by atomic mass is 9.92. The number of rotatable bonds is 6. The summed E-state index contributed by atoms with van der Waals surface area (Å²) >= 11 is 1.94. The molecule has 1 aromatic rings. The number of hydrogen-bond donors (Lipinski definition) is 1. The highest BCUT2D eigenvalue weighted by atomic mass is 32.1. The van der Waals surface area contributed by atoms with Crippen molar-refractivity contribution in [2.75, 3.05) is 6.54 Å². The molecule has 0 spiro atoms. The van der Waals surface area contributed by atoms with Gasteiger partial charge in [-0.1, -0.05) is 26.8 Å². The van der Waals surface area contributed by atoms with E-state index in [9.17, 15) is 0 Å². The van der Waals surface area contributed by atoms with Gasteiger partial charge in [0.2, 0.25) is 0 Å². The fraction of sp³-hybridized carbons (Fsp3) is 0.778. The van der Waals surface area contributed by atoms with Crippen molar-refractivity contribution in [3.63, 3.8) is 0 Å². The second-order valence-corrected chi connectivity index (χ2v) is 8.18. The number of nitrogens with one attached hydrogen (secondary N) is 1. The molecule has 0 aliphatic carbocycles. The van der Waals surface area contributed by atoms with E-state index >= 15 is 0 Å². The fourth-order valence-corrected chi connectivity index (χ4v) is 5.46. The number of thiophene rings is 1. The Hall–Kier alpha value is -0.380. The van der Waals surface area contributed by atoms with Crippen molar-refractivity contribution in [3.05, 3.63) is 22.4 Å². The monoisotopic (exact) mass is 306 g/mol. The van der Waals surface area contributed by atoms with E-state index in [2.05, 4.69) is 48.5 Å². The summed E-state index contributed by atoms with van der Waals surface area (Å²) in [6.07, 6.45) is 6.75. The van der Waals surface area contributed by atoms with Crippen LogP contribution in [0.15, 0.2) is 17.5 Å². The maximum atomic E-state index is 3.80. The standard InChI is InChI=1S/C18H30N2S/c1-4-9-20(16-11-14-7-8-15(12-16)19-14)18(13(2)3)17-6-5-10-21-17/h5-6,10,13-16,18-19H,4,7-9,11-12H2,1-3H3. The zero-order valence-electron chi connectivity index (χ0n) is 13.7. The molecular formula is C18H30N2S. The van der Waals surface area contributed by atoms with E-state index in [1.54, 1.807) is 4.88 Å². The van der Waals surface area contributed by atoms with Crippen LogP contribution >= 0.6 is 11.3 Å². The van der Waals surface area contributed by atoms with Crippen LogP contribution < -0.4 is 5.32 Å². The third kappa shape index (κ3) is 3.35. The van der Waals surface area contributed by atoms with Gasteiger partial charge in [-0.25, -0.2) is 0 Å². The number of fused-ring (bicyclic) bond motifs is 2. The predicted octanol–water partition coefficient (Wildman–Crippen LogP) is 4.44. The first kappa shape index (κ1) is 15.5. The van der Waals surface area contributed by atoms with Gasteiger partial charge in [0, 0.05) is 29.0 Å². The van der Waals surface area contributed by atoms with Gasteiger partial charge >= 0.3 is 0 Å². The molecule has 118 valence electrons. The van der Waals surface area contributed by atoms with Gasteiger partial charge in [-0.3, -0.25) is 4.90 Å². The van der Waals surface area contributed by atoms with Crippen LogP contribution in [0.25, 0.3) is 0 Å². The summed E-state index contributed by atoms with van der Waals surface area (Å²) < 4.78 is 0. The van der Waals surface area contributed by atoms with Crippen LogP contribution in [0, 0.1) is 5.92 Å². The summed E-state index contributed by atoms with van der Waals surface area (Å²) in [5.74, 6) is 0.683. The summed E-state index contributed by atoms with van der Waals surface area (Å²) in [7, 11) is 0. The summed E-state index contributed by atoms with van der Waals surface area (Å²) in [4.78, 5) is 4.41. The van der Waals surface area contributed by atoms with E-state index in [0.717, 1.165) is 18.1 Å². The molecule has 2 fully saturated rings. The molecule has 3 rings (SSSR count). The second kappa shape index (κ2) is 6.80. The first-order valence-electron chi connectivity index (χ1n) is 8.74. The van der Waals surface area contributed by atoms with Gasteiger partial charge in [-0.15, -0.1) is 11.3 Å². The normalized spacial score (nSPS) is 30.2. The average molecular weight is 307 g/mol. The van der Waals surface area contributed by atoms with Crippen LogP contribution in [0.5, 0.6) is 0 Å². The Labute approximate surface area is 133 Å². The van der Waals surface area contributed by atoms with E-state index in [0.29, 0.717) is 12.0 Å². The predicted molar refractivity (Wildman–Crippen MR) is 91.9 cm³/mol. The number of piperidine rings is 1. The van der Waals surface area contributed by atoms with Crippen molar-refractivity contribution in [3.8, 4) is 0 Å². The Morgan fingerprint density at radius 1 is 1.29 bits per heavy atom. The van der Waals surface area contributed by atoms with Crippen LogP contribution in [0.3, 0.4) is 0 Å². The van der Waals surface area contributed by atoms with Gasteiger partial charge in [0.15, 0.2) is 0 Å². The van der Waals surface area contributed by atoms with Gasteiger partial charge in [0.25, 0.3) is 0 Å². The molecule has 1 aromatic heterocycles. The van der Waals surface area contributed by atoms with Crippen molar-refractivity contribution < 1.29 is 0 Å². The maximum absolute atomic E-state index is 3.80. The molecule has 21 heavy (non-hydrogen) atoms. The van der Waals surface area contributed by atoms with E-state index in [1.165, 1.54) is 38.6 Å². The molecule has 0 aromatic carbocycles. The van der Waals surface area contributed by atoms with E-state index < -0.39 is 0 Å². The molecule has 3 heterocycles. The van der Waals surface area contributed by atoms with Crippen LogP contribution in [-0.2, 0) is 0 Å². The highest BCUT2D eigenvalue weighted by molar-refractivity contribution is 7.10. The van der Waals surface area contributed by atoms with Crippen molar-refractivity contribution in [2.45, 2.75) is 77.0 Å². The highest BCUT2D eigenvalue weighted by Crippen LogP contribution is 2.38. The van der Waals surface area contributed by atoms with Crippen molar-refractivity contribution in [1.29, 1.82) is 0 Å². The lowest BCUT2D eigenvalue weighted by molar-refractivity contribution is 0.0709. The zero-order valence-corrected chi connectivity index (χ0v) is 14.5. The Balaban J connectivity index is 1.81. The third-order valence-electron chi connectivity index (χ3n) is 5.22. The highest BCUT2D eigenvalue weighted by Gasteiger charge is 2.38. The molecule has 2 nitrogen and oxygen atoms in total. The second-order valence-electron chi connectivity index (χ2n) is 7.21. The molecule has 2 aliphatic rings. The molecule has 0 saturated carbocycles. The molecular weight excluding hydrogens is 276 g/mol. The Kier molecular flexibility index (Phi) is 5.03. The summed E-state index contributed by atoms with van der Waals surface area (Å²) in [5, 5.41) is 6.03. The Morgan fingerprint density at radius 3 is 2.52 bits per heavy atom. The Morgan fingerprint density at radius 2 is 2.00 bits per heavy atom. The SMILES string of the molecule is CCCN(C1CC2CCC(C1)N2)C(c1cccs1)C(C)C. The quantitative estimate of drug-likeness (QED) is 0.836. The summed E-state index contributed by atoms with van der Waals surface area (Å²) in [6, 6.07) is 7.50. The van der Waals surface area contributed by atoms with E-state index in [-0.39, 0.29) is 0 Å². The third-order valence-corrected chi connectivity index (χ3v) is 6.17. The fourth-order valence-electron chi connectivity index (χ4n) is 4.44. The molecule has 3 heteroatoms. The molecule has 1 N–H and O–H groups in total. The lowest BCUT2D eigenvalue weighted by Gasteiger charge is -2.43. The number of hydrogen-bond acceptors (Lipinski definition) is 3.